The minimum Gasteiger partial charge on any atom is -0.497 e. The summed E-state index contributed by atoms with van der Waals surface area (Å²) in [5.41, 5.74) is 2.58. The predicted molar refractivity (Wildman–Crippen MR) is 149 cm³/mol. The number of aromatic amines is 1. The van der Waals surface area contributed by atoms with Crippen LogP contribution in [-0.2, 0) is 0 Å². The maximum absolute atomic E-state index is 13.9. The lowest BCUT2D eigenvalue weighted by molar-refractivity contribution is 0.0981. The highest BCUT2D eigenvalue weighted by Gasteiger charge is 2.36. The normalized spacial score (nSPS) is 15.3. The molecule has 0 spiro atoms. The van der Waals surface area contributed by atoms with Crippen molar-refractivity contribution in [1.29, 1.82) is 0 Å². The molecule has 1 aliphatic heterocycles. The van der Waals surface area contributed by atoms with Gasteiger partial charge in [-0.2, -0.15) is 0 Å². The molecule has 1 atom stereocenters. The molecule has 0 aliphatic carbocycles. The lowest BCUT2D eigenvalue weighted by atomic mass is 9.95. The number of methoxy groups -OCH3 is 1. The van der Waals surface area contributed by atoms with E-state index in [-0.39, 0.29) is 17.6 Å². The lowest BCUT2D eigenvalue weighted by Gasteiger charge is -2.25. The van der Waals surface area contributed by atoms with E-state index in [0.29, 0.717) is 45.7 Å². The van der Waals surface area contributed by atoms with Crippen LogP contribution in [0.4, 0.5) is 5.69 Å². The van der Waals surface area contributed by atoms with E-state index in [0.717, 1.165) is 27.4 Å². The van der Waals surface area contributed by atoms with E-state index < -0.39 is 5.60 Å². The fourth-order valence-corrected chi connectivity index (χ4v) is 5.62. The largest absolute Gasteiger partial charge is 0.497 e. The molecule has 0 saturated heterocycles. The fraction of sp³-hybridized carbons (Fsp3) is 0.310. The molecule has 0 fully saturated rings. The number of benzene rings is 3. The summed E-state index contributed by atoms with van der Waals surface area (Å²) in [7, 11) is 1.63. The molecule has 0 saturated carbocycles. The van der Waals surface area contributed by atoms with Gasteiger partial charge in [-0.25, -0.2) is 0 Å². The number of carbonyl (C=O) groups is 2. The van der Waals surface area contributed by atoms with Gasteiger partial charge in [0.2, 0.25) is 0 Å². The number of rotatable bonds is 5. The van der Waals surface area contributed by atoms with Crippen molar-refractivity contribution >= 4 is 62.3 Å². The number of hydrogen-bond donors (Lipinski definition) is 1. The van der Waals surface area contributed by atoms with Crippen LogP contribution in [0.5, 0.6) is 11.5 Å². The van der Waals surface area contributed by atoms with Crippen molar-refractivity contribution in [1.82, 2.24) is 4.98 Å². The first-order valence-electron chi connectivity index (χ1n) is 12.1. The molecule has 2 heterocycles. The van der Waals surface area contributed by atoms with Gasteiger partial charge in [-0.3, -0.25) is 9.59 Å². The molecule has 5 rings (SSSR count). The van der Waals surface area contributed by atoms with Crippen molar-refractivity contribution in [3.63, 3.8) is 0 Å². The quantitative estimate of drug-likeness (QED) is 0.213. The Morgan fingerprint density at radius 2 is 1.86 bits per heavy atom. The van der Waals surface area contributed by atoms with Crippen LogP contribution in [0.3, 0.4) is 0 Å². The van der Waals surface area contributed by atoms with Gasteiger partial charge in [0.1, 0.15) is 22.8 Å². The number of anilines is 1. The van der Waals surface area contributed by atoms with Crippen LogP contribution in [0.25, 0.3) is 21.7 Å². The number of carbonyl (C=O) groups excluding carboxylic acids is 2. The van der Waals surface area contributed by atoms with Crippen molar-refractivity contribution in [2.75, 3.05) is 24.4 Å². The maximum atomic E-state index is 13.9. The number of amides is 1. The summed E-state index contributed by atoms with van der Waals surface area (Å²) >= 11 is 12.7. The topological polar surface area (TPSA) is 71.6 Å². The van der Waals surface area contributed by atoms with Crippen LogP contribution in [0, 0.1) is 0 Å². The molecule has 4 aromatic rings. The Balaban J connectivity index is 1.69. The smallest absolute Gasteiger partial charge is 0.274 e. The molecule has 1 amide bonds. The monoisotopic (exact) mass is 538 g/mol. The van der Waals surface area contributed by atoms with Gasteiger partial charge in [0.05, 0.1) is 28.9 Å². The standard InChI is InChI=1S/C29H28Cl2N2O4/c1-15(34)25-21(31)9-6-16-10-22(32-27(16)25)28(35)33-14-17(13-30)26-20-11-18(36-5)7-8-19(20)24(12-23(26)33)37-29(2,3)4/h6-12,17,32H,13-14H2,1-5H3/t17-/m1/s1. The zero-order chi connectivity index (χ0) is 26.6. The molecule has 37 heavy (non-hydrogen) atoms. The highest BCUT2D eigenvalue weighted by Crippen LogP contribution is 2.47. The first-order valence-corrected chi connectivity index (χ1v) is 13.0. The number of H-pyrrole nitrogens is 1. The minimum atomic E-state index is -0.444. The Labute approximate surface area is 225 Å². The van der Waals surface area contributed by atoms with Crippen LogP contribution in [0.1, 0.15) is 60.0 Å². The Bertz CT molecular complexity index is 1570. The molecule has 0 radical (unpaired) electrons. The van der Waals surface area contributed by atoms with E-state index in [9.17, 15) is 9.59 Å². The number of fused-ring (bicyclic) bond motifs is 4. The molecule has 3 aromatic carbocycles. The minimum absolute atomic E-state index is 0.0782. The van der Waals surface area contributed by atoms with Gasteiger partial charge in [0.15, 0.2) is 5.78 Å². The average molecular weight is 539 g/mol. The first kappa shape index (κ1) is 25.4. The van der Waals surface area contributed by atoms with Gasteiger partial charge < -0.3 is 19.4 Å². The molecule has 1 aliphatic rings. The van der Waals surface area contributed by atoms with Crippen molar-refractivity contribution < 1.29 is 19.1 Å². The Kier molecular flexibility index (Phi) is 6.37. The molecule has 0 bridgehead atoms. The summed E-state index contributed by atoms with van der Waals surface area (Å²) in [6, 6.07) is 13.0. The molecule has 0 unspecified atom stereocenters. The van der Waals surface area contributed by atoms with Gasteiger partial charge >= 0.3 is 0 Å². The third-order valence-electron chi connectivity index (χ3n) is 6.60. The highest BCUT2D eigenvalue weighted by molar-refractivity contribution is 6.35. The van der Waals surface area contributed by atoms with Crippen molar-refractivity contribution in [3.05, 3.63) is 64.3 Å². The highest BCUT2D eigenvalue weighted by atomic mass is 35.5. The summed E-state index contributed by atoms with van der Waals surface area (Å²) in [6.07, 6.45) is 0. The maximum Gasteiger partial charge on any atom is 0.274 e. The molecule has 6 nitrogen and oxygen atoms in total. The van der Waals surface area contributed by atoms with Crippen molar-refractivity contribution in [2.45, 2.75) is 39.2 Å². The second-order valence-corrected chi connectivity index (χ2v) is 11.0. The Hall–Kier alpha value is -3.22. The summed E-state index contributed by atoms with van der Waals surface area (Å²) < 4.78 is 11.9. The van der Waals surface area contributed by atoms with E-state index in [1.54, 1.807) is 30.2 Å². The molecular weight excluding hydrogens is 511 g/mol. The molecule has 8 heteroatoms. The number of ketones is 1. The van der Waals surface area contributed by atoms with Crippen LogP contribution in [0.15, 0.2) is 42.5 Å². The number of Topliss-reactive ketones (excluding diaryl/α,β-unsaturated/α-hetero) is 1. The number of hydrogen-bond acceptors (Lipinski definition) is 4. The van der Waals surface area contributed by atoms with Gasteiger partial charge in [0.25, 0.3) is 5.91 Å². The van der Waals surface area contributed by atoms with E-state index in [1.165, 1.54) is 6.92 Å². The van der Waals surface area contributed by atoms with E-state index in [1.807, 2.05) is 45.0 Å². The number of ether oxygens (including phenoxy) is 2. The zero-order valence-electron chi connectivity index (χ0n) is 21.4. The Morgan fingerprint density at radius 1 is 1.11 bits per heavy atom. The van der Waals surface area contributed by atoms with Crippen molar-refractivity contribution in [3.8, 4) is 11.5 Å². The fourth-order valence-electron chi connectivity index (χ4n) is 5.08. The van der Waals surface area contributed by atoms with Crippen LogP contribution < -0.4 is 14.4 Å². The second-order valence-electron chi connectivity index (χ2n) is 10.3. The third-order valence-corrected chi connectivity index (χ3v) is 7.29. The second kappa shape index (κ2) is 9.26. The first-order chi connectivity index (χ1) is 17.5. The predicted octanol–water partition coefficient (Wildman–Crippen LogP) is 7.35. The van der Waals surface area contributed by atoms with Gasteiger partial charge in [0, 0.05) is 35.2 Å². The number of nitrogens with one attached hydrogen (secondary N) is 1. The number of halogens is 2. The van der Waals surface area contributed by atoms with Gasteiger partial charge in [-0.15, -0.1) is 11.6 Å². The van der Waals surface area contributed by atoms with E-state index in [2.05, 4.69) is 4.98 Å². The summed E-state index contributed by atoms with van der Waals surface area (Å²) in [5, 5.41) is 2.97. The number of aromatic nitrogens is 1. The van der Waals surface area contributed by atoms with Crippen LogP contribution in [-0.4, -0.2) is 41.8 Å². The zero-order valence-corrected chi connectivity index (χ0v) is 22.9. The summed E-state index contributed by atoms with van der Waals surface area (Å²) in [4.78, 5) is 31.1. The number of alkyl halides is 1. The molecule has 192 valence electrons. The van der Waals surface area contributed by atoms with E-state index >= 15 is 0 Å². The molecule has 1 N–H and O–H groups in total. The Morgan fingerprint density at radius 3 is 2.51 bits per heavy atom. The number of nitrogens with zero attached hydrogens (tertiary/aromatic N) is 1. The SMILES string of the molecule is COc1ccc2c(OC(C)(C)C)cc3c(c2c1)[C@H](CCl)CN3C(=O)c1cc2ccc(Cl)c(C(C)=O)c2[nH]1. The van der Waals surface area contributed by atoms with Crippen LogP contribution >= 0.6 is 23.2 Å². The molecule has 1 aromatic heterocycles. The molecular formula is C29H28Cl2N2O4. The third kappa shape index (κ3) is 4.42. The summed E-state index contributed by atoms with van der Waals surface area (Å²) in [6.45, 7) is 7.84. The summed E-state index contributed by atoms with van der Waals surface area (Å²) in [5.74, 6) is 1.27. The van der Waals surface area contributed by atoms with Gasteiger partial charge in [-0.05, 0) is 69.0 Å². The van der Waals surface area contributed by atoms with E-state index in [4.69, 9.17) is 32.7 Å². The van der Waals surface area contributed by atoms with Crippen LogP contribution in [0.2, 0.25) is 5.02 Å². The lowest BCUT2D eigenvalue weighted by Crippen LogP contribution is -2.30. The average Bonchev–Trinajstić information content (AvgIpc) is 3.43. The van der Waals surface area contributed by atoms with Gasteiger partial charge in [-0.1, -0.05) is 17.7 Å². The van der Waals surface area contributed by atoms with Crippen molar-refractivity contribution in [2.24, 2.45) is 0 Å².